The Hall–Kier alpha value is -2.73. The van der Waals surface area contributed by atoms with Gasteiger partial charge in [0.15, 0.2) is 0 Å². The van der Waals surface area contributed by atoms with E-state index in [1.807, 2.05) is 0 Å². The molecule has 0 radical (unpaired) electrons. The molecule has 9 heteroatoms. The van der Waals surface area contributed by atoms with Crippen LogP contribution in [0.5, 0.6) is 0 Å². The van der Waals surface area contributed by atoms with Crippen molar-refractivity contribution < 1.29 is 9.72 Å². The van der Waals surface area contributed by atoms with Gasteiger partial charge in [-0.05, 0) is 56.4 Å². The van der Waals surface area contributed by atoms with Gasteiger partial charge < -0.3 is 5.32 Å². The average molecular weight is 444 g/mol. The average Bonchev–Trinajstić information content (AvgIpc) is 3.16. The maximum Gasteiger partial charge on any atom is 0.312 e. The molecule has 1 N–H and O–H groups in total. The number of hydrogen-bond donors (Lipinski definition) is 1. The molecule has 0 saturated heterocycles. The summed E-state index contributed by atoms with van der Waals surface area (Å²) in [6.07, 6.45) is 3.65. The Labute approximate surface area is 186 Å². The standard InChI is InChI=1S/C22H29N5O3S/c1-13-20(27(29)30)14(2)26(25-13)10-6-7-19(28)24-21-17(12-23)16-9-8-15(22(3,4)5)11-18(16)31-21/h15H,6-11H2,1-5H3,(H,24,28). The second kappa shape index (κ2) is 8.79. The first kappa shape index (κ1) is 22.9. The van der Waals surface area contributed by atoms with Crippen LogP contribution in [0.2, 0.25) is 0 Å². The molecule has 1 amide bonds. The van der Waals surface area contributed by atoms with Gasteiger partial charge in [0.25, 0.3) is 0 Å². The van der Waals surface area contributed by atoms with Crippen LogP contribution in [0.3, 0.4) is 0 Å². The number of anilines is 1. The first-order valence-corrected chi connectivity index (χ1v) is 11.4. The Balaban J connectivity index is 1.63. The van der Waals surface area contributed by atoms with E-state index in [2.05, 4.69) is 37.3 Å². The highest BCUT2D eigenvalue weighted by molar-refractivity contribution is 7.16. The molecule has 0 bridgehead atoms. The fraction of sp³-hybridized carbons (Fsp3) is 0.591. The summed E-state index contributed by atoms with van der Waals surface area (Å²) in [5, 5.41) is 28.6. The molecule has 2 heterocycles. The van der Waals surface area contributed by atoms with E-state index in [9.17, 15) is 20.2 Å². The lowest BCUT2D eigenvalue weighted by Crippen LogP contribution is -2.26. The molecule has 1 aliphatic carbocycles. The number of nitriles is 1. The maximum absolute atomic E-state index is 12.5. The largest absolute Gasteiger partial charge is 0.317 e. The van der Waals surface area contributed by atoms with Crippen LogP contribution >= 0.6 is 11.3 Å². The second-order valence-electron chi connectivity index (χ2n) is 9.28. The van der Waals surface area contributed by atoms with E-state index in [0.717, 1.165) is 24.8 Å². The van der Waals surface area contributed by atoms with E-state index >= 15 is 0 Å². The van der Waals surface area contributed by atoms with Gasteiger partial charge in [0, 0.05) is 17.8 Å². The Morgan fingerprint density at radius 1 is 1.42 bits per heavy atom. The highest BCUT2D eigenvalue weighted by atomic mass is 32.1. The molecule has 3 rings (SSSR count). The second-order valence-corrected chi connectivity index (χ2v) is 10.4. The van der Waals surface area contributed by atoms with Gasteiger partial charge in [0.1, 0.15) is 22.5 Å². The highest BCUT2D eigenvalue weighted by Gasteiger charge is 2.32. The number of carbonyl (C=O) groups excluding carboxylic acids is 1. The van der Waals surface area contributed by atoms with Crippen LogP contribution in [0, 0.1) is 46.6 Å². The van der Waals surface area contributed by atoms with Gasteiger partial charge in [-0.1, -0.05) is 20.8 Å². The number of nitro groups is 1. The third kappa shape index (κ3) is 4.79. The minimum absolute atomic E-state index is 0.0286. The van der Waals surface area contributed by atoms with Crippen molar-refractivity contribution >= 4 is 27.9 Å². The molecule has 2 aromatic rings. The minimum atomic E-state index is -0.424. The highest BCUT2D eigenvalue weighted by Crippen LogP contribution is 2.44. The number of rotatable bonds is 6. The molecule has 1 aliphatic rings. The van der Waals surface area contributed by atoms with E-state index in [-0.39, 0.29) is 23.4 Å². The molecule has 0 aromatic carbocycles. The molecule has 1 unspecified atom stereocenters. The van der Waals surface area contributed by atoms with Gasteiger partial charge >= 0.3 is 5.69 Å². The minimum Gasteiger partial charge on any atom is -0.317 e. The molecular weight excluding hydrogens is 414 g/mol. The van der Waals surface area contributed by atoms with Crippen LogP contribution in [-0.2, 0) is 24.2 Å². The first-order chi connectivity index (χ1) is 14.5. The Morgan fingerprint density at radius 2 is 2.13 bits per heavy atom. The molecule has 2 aromatic heterocycles. The zero-order chi connectivity index (χ0) is 22.9. The Bertz CT molecular complexity index is 1050. The van der Waals surface area contributed by atoms with Gasteiger partial charge in [0.05, 0.1) is 10.5 Å². The van der Waals surface area contributed by atoms with Crippen LogP contribution < -0.4 is 5.32 Å². The Morgan fingerprint density at radius 3 is 2.71 bits per heavy atom. The van der Waals surface area contributed by atoms with Crippen molar-refractivity contribution in [1.82, 2.24) is 9.78 Å². The predicted octanol–water partition coefficient (Wildman–Crippen LogP) is 4.91. The van der Waals surface area contributed by atoms with E-state index in [1.165, 1.54) is 16.2 Å². The van der Waals surface area contributed by atoms with Crippen LogP contribution in [0.4, 0.5) is 10.7 Å². The van der Waals surface area contributed by atoms with Gasteiger partial charge in [-0.2, -0.15) is 10.4 Å². The Kier molecular flexibility index (Phi) is 6.51. The summed E-state index contributed by atoms with van der Waals surface area (Å²) in [4.78, 5) is 24.4. The number of nitrogens with zero attached hydrogens (tertiary/aromatic N) is 4. The molecule has 0 saturated carbocycles. The molecule has 31 heavy (non-hydrogen) atoms. The monoisotopic (exact) mass is 443 g/mol. The maximum atomic E-state index is 12.5. The van der Waals surface area contributed by atoms with E-state index < -0.39 is 4.92 Å². The van der Waals surface area contributed by atoms with Crippen molar-refractivity contribution in [3.05, 3.63) is 37.5 Å². The quantitative estimate of drug-likeness (QED) is 0.503. The number of amides is 1. The van der Waals surface area contributed by atoms with Crippen molar-refractivity contribution in [2.45, 2.75) is 73.3 Å². The van der Waals surface area contributed by atoms with Crippen LogP contribution in [0.1, 0.15) is 67.4 Å². The predicted molar refractivity (Wildman–Crippen MR) is 120 cm³/mol. The van der Waals surface area contributed by atoms with Gasteiger partial charge in [-0.25, -0.2) is 0 Å². The van der Waals surface area contributed by atoms with Gasteiger partial charge in [0.2, 0.25) is 5.91 Å². The number of thiophene rings is 1. The molecule has 0 aliphatic heterocycles. The number of aromatic nitrogens is 2. The van der Waals surface area contributed by atoms with Crippen LogP contribution in [0.15, 0.2) is 0 Å². The fourth-order valence-electron chi connectivity index (χ4n) is 4.28. The molecule has 166 valence electrons. The summed E-state index contributed by atoms with van der Waals surface area (Å²) in [6, 6.07) is 2.29. The molecule has 8 nitrogen and oxygen atoms in total. The lowest BCUT2D eigenvalue weighted by Gasteiger charge is -2.33. The van der Waals surface area contributed by atoms with E-state index in [1.54, 1.807) is 18.5 Å². The van der Waals surface area contributed by atoms with Gasteiger partial charge in [-0.3, -0.25) is 19.6 Å². The summed E-state index contributed by atoms with van der Waals surface area (Å²) in [5.41, 5.74) is 2.82. The smallest absolute Gasteiger partial charge is 0.312 e. The topological polar surface area (TPSA) is 114 Å². The third-order valence-electron chi connectivity index (χ3n) is 6.15. The fourth-order valence-corrected chi connectivity index (χ4v) is 5.57. The summed E-state index contributed by atoms with van der Waals surface area (Å²) in [7, 11) is 0. The normalized spacial score (nSPS) is 15.9. The number of nitrogens with one attached hydrogen (secondary N) is 1. The van der Waals surface area contributed by atoms with Crippen LogP contribution in [0.25, 0.3) is 0 Å². The lowest BCUT2D eigenvalue weighted by molar-refractivity contribution is -0.386. The number of fused-ring (bicyclic) bond motifs is 1. The van der Waals surface area contributed by atoms with Crippen molar-refractivity contribution in [1.29, 1.82) is 5.26 Å². The summed E-state index contributed by atoms with van der Waals surface area (Å²) in [5.74, 6) is 0.414. The van der Waals surface area contributed by atoms with Crippen molar-refractivity contribution in [2.24, 2.45) is 11.3 Å². The number of carbonyl (C=O) groups is 1. The molecule has 1 atom stereocenters. The van der Waals surface area contributed by atoms with Crippen molar-refractivity contribution in [3.63, 3.8) is 0 Å². The zero-order valence-corrected chi connectivity index (χ0v) is 19.6. The summed E-state index contributed by atoms with van der Waals surface area (Å²) in [6.45, 7) is 10.5. The molecule has 0 fully saturated rings. The number of aryl methyl sites for hydroxylation is 2. The molecular formula is C22H29N5O3S. The van der Waals surface area contributed by atoms with E-state index in [4.69, 9.17) is 0 Å². The zero-order valence-electron chi connectivity index (χ0n) is 18.7. The SMILES string of the molecule is Cc1nn(CCCC(=O)Nc2sc3c(c2C#N)CCC(C(C)(C)C)C3)c(C)c1[N+](=O)[O-]. The summed E-state index contributed by atoms with van der Waals surface area (Å²) >= 11 is 1.53. The van der Waals surface area contributed by atoms with Gasteiger partial charge in [-0.15, -0.1) is 11.3 Å². The lowest BCUT2D eigenvalue weighted by atomic mass is 9.72. The first-order valence-electron chi connectivity index (χ1n) is 10.6. The van der Waals surface area contributed by atoms with Crippen molar-refractivity contribution in [2.75, 3.05) is 5.32 Å². The molecule has 0 spiro atoms. The van der Waals surface area contributed by atoms with Crippen LogP contribution in [-0.4, -0.2) is 20.6 Å². The van der Waals surface area contributed by atoms with E-state index in [0.29, 0.717) is 40.8 Å². The summed E-state index contributed by atoms with van der Waals surface area (Å²) < 4.78 is 1.58. The van der Waals surface area contributed by atoms with Crippen molar-refractivity contribution in [3.8, 4) is 6.07 Å². The number of hydrogen-bond acceptors (Lipinski definition) is 6. The third-order valence-corrected chi connectivity index (χ3v) is 7.32.